The van der Waals surface area contributed by atoms with Crippen LogP contribution in [-0.2, 0) is 20.1 Å². The van der Waals surface area contributed by atoms with E-state index in [1.807, 2.05) is 31.2 Å². The van der Waals surface area contributed by atoms with Gasteiger partial charge < -0.3 is 9.88 Å². The predicted octanol–water partition coefficient (Wildman–Crippen LogP) is 1.08. The normalized spacial score (nSPS) is 11.0. The number of carbonyl (C=O) groups is 1. The number of aryl methyl sites for hydroxylation is 2. The van der Waals surface area contributed by atoms with Crippen LogP contribution in [0, 0.1) is 6.92 Å². The summed E-state index contributed by atoms with van der Waals surface area (Å²) in [5.74, 6) is -0.453. The minimum Gasteiger partial charge on any atom is -0.350 e. The molecule has 0 saturated carbocycles. The van der Waals surface area contributed by atoms with Crippen molar-refractivity contribution in [2.24, 2.45) is 7.05 Å². The Morgan fingerprint density at radius 2 is 1.87 bits per heavy atom. The Balaban J connectivity index is 1.47. The van der Waals surface area contributed by atoms with E-state index in [-0.39, 0.29) is 23.2 Å². The van der Waals surface area contributed by atoms with Gasteiger partial charge in [0, 0.05) is 19.8 Å². The van der Waals surface area contributed by atoms with Crippen LogP contribution in [0.4, 0.5) is 0 Å². The zero-order valence-electron chi connectivity index (χ0n) is 17.3. The van der Waals surface area contributed by atoms with Gasteiger partial charge in [0.2, 0.25) is 0 Å². The number of benzene rings is 1. The molecule has 0 aliphatic carbocycles. The van der Waals surface area contributed by atoms with Gasteiger partial charge in [-0.3, -0.25) is 19.0 Å². The number of nitrogens with zero attached hydrogens (tertiary/aromatic N) is 5. The lowest BCUT2D eigenvalue weighted by Gasteiger charge is -2.08. The van der Waals surface area contributed by atoms with Gasteiger partial charge in [-0.15, -0.1) is 0 Å². The number of fused-ring (bicyclic) bond motifs is 1. The van der Waals surface area contributed by atoms with Gasteiger partial charge in [-0.05, 0) is 24.6 Å². The maximum absolute atomic E-state index is 12.8. The zero-order valence-corrected chi connectivity index (χ0v) is 17.3. The molecule has 0 saturated heterocycles. The highest BCUT2D eigenvalue weighted by atomic mass is 16.2. The van der Waals surface area contributed by atoms with Crippen molar-refractivity contribution in [2.75, 3.05) is 6.54 Å². The second kappa shape index (κ2) is 8.39. The third-order valence-electron chi connectivity index (χ3n) is 5.07. The van der Waals surface area contributed by atoms with Gasteiger partial charge >= 0.3 is 0 Å². The lowest BCUT2D eigenvalue weighted by molar-refractivity contribution is 0.0950. The monoisotopic (exact) mass is 418 g/mol. The molecular formula is C22H22N6O3. The quantitative estimate of drug-likeness (QED) is 0.505. The Bertz CT molecular complexity index is 1360. The molecule has 0 aliphatic heterocycles. The molecule has 3 aromatic heterocycles. The third kappa shape index (κ3) is 4.16. The fourth-order valence-electron chi connectivity index (χ4n) is 3.30. The van der Waals surface area contributed by atoms with Crippen molar-refractivity contribution in [1.82, 2.24) is 29.2 Å². The zero-order chi connectivity index (χ0) is 22.0. The van der Waals surface area contributed by atoms with Crippen LogP contribution in [0.3, 0.4) is 0 Å². The van der Waals surface area contributed by atoms with Gasteiger partial charge in [0.05, 0.1) is 19.3 Å². The van der Waals surface area contributed by atoms with Crippen LogP contribution in [0.2, 0.25) is 0 Å². The van der Waals surface area contributed by atoms with Gasteiger partial charge in [-0.1, -0.05) is 29.8 Å². The van der Waals surface area contributed by atoms with Crippen molar-refractivity contribution in [3.8, 4) is 0 Å². The highest BCUT2D eigenvalue weighted by Gasteiger charge is 2.13. The average Bonchev–Trinajstić information content (AvgIpc) is 3.17. The van der Waals surface area contributed by atoms with Crippen LogP contribution in [-0.4, -0.2) is 36.4 Å². The lowest BCUT2D eigenvalue weighted by Crippen LogP contribution is -2.33. The first-order chi connectivity index (χ1) is 14.9. The third-order valence-corrected chi connectivity index (χ3v) is 5.07. The first kappa shape index (κ1) is 20.3. The molecule has 4 rings (SSSR count). The summed E-state index contributed by atoms with van der Waals surface area (Å²) in [6, 6.07) is 11.1. The Morgan fingerprint density at radius 1 is 1.10 bits per heavy atom. The average molecular weight is 418 g/mol. The van der Waals surface area contributed by atoms with Crippen LogP contribution in [0.15, 0.2) is 64.7 Å². The maximum atomic E-state index is 12.8. The summed E-state index contributed by atoms with van der Waals surface area (Å²) >= 11 is 0. The number of carbonyl (C=O) groups excluding carboxylic acids is 1. The molecular weight excluding hydrogens is 396 g/mol. The molecule has 3 heterocycles. The van der Waals surface area contributed by atoms with Crippen molar-refractivity contribution in [3.63, 3.8) is 0 Å². The summed E-state index contributed by atoms with van der Waals surface area (Å²) in [6.07, 6.45) is 4.59. The standard InChI is InChI=1S/C22H22N6O3/c1-15-5-7-16(8-6-15)13-27-14-24-19-18(22(27)31)12-25-28(19)11-9-23-20(29)17-4-3-10-26(2)21(17)30/h3-8,10,12,14H,9,11,13H2,1-2H3,(H,23,29). The van der Waals surface area contributed by atoms with Crippen LogP contribution in [0.25, 0.3) is 11.0 Å². The molecule has 1 amide bonds. The Kier molecular flexibility index (Phi) is 5.48. The summed E-state index contributed by atoms with van der Waals surface area (Å²) in [4.78, 5) is 41.5. The van der Waals surface area contributed by atoms with E-state index in [0.29, 0.717) is 24.1 Å². The summed E-state index contributed by atoms with van der Waals surface area (Å²) in [5, 5.41) is 7.36. The Labute approximate surface area is 177 Å². The number of amides is 1. The van der Waals surface area contributed by atoms with Gasteiger partial charge in [-0.25, -0.2) is 9.67 Å². The van der Waals surface area contributed by atoms with E-state index < -0.39 is 5.91 Å². The maximum Gasteiger partial charge on any atom is 0.264 e. The second-order valence-electron chi connectivity index (χ2n) is 7.36. The minimum absolute atomic E-state index is 0.0763. The van der Waals surface area contributed by atoms with E-state index in [9.17, 15) is 14.4 Å². The van der Waals surface area contributed by atoms with Crippen molar-refractivity contribution in [3.05, 3.63) is 92.5 Å². The van der Waals surface area contributed by atoms with E-state index in [1.165, 1.54) is 23.2 Å². The Hall–Kier alpha value is -4.01. The molecule has 0 bridgehead atoms. The lowest BCUT2D eigenvalue weighted by atomic mass is 10.1. The molecule has 0 atom stereocenters. The van der Waals surface area contributed by atoms with E-state index >= 15 is 0 Å². The largest absolute Gasteiger partial charge is 0.350 e. The number of nitrogens with one attached hydrogen (secondary N) is 1. The number of pyridine rings is 1. The molecule has 9 nitrogen and oxygen atoms in total. The van der Waals surface area contributed by atoms with Crippen LogP contribution >= 0.6 is 0 Å². The van der Waals surface area contributed by atoms with Crippen LogP contribution in [0.1, 0.15) is 21.5 Å². The number of hydrogen-bond acceptors (Lipinski definition) is 5. The fourth-order valence-corrected chi connectivity index (χ4v) is 3.30. The van der Waals surface area contributed by atoms with Gasteiger partial charge in [0.15, 0.2) is 5.65 Å². The molecule has 0 spiro atoms. The summed E-state index contributed by atoms with van der Waals surface area (Å²) < 4.78 is 4.46. The molecule has 0 unspecified atom stereocenters. The molecule has 158 valence electrons. The van der Waals surface area contributed by atoms with Crippen molar-refractivity contribution in [1.29, 1.82) is 0 Å². The summed E-state index contributed by atoms with van der Waals surface area (Å²) in [5.41, 5.74) is 2.16. The predicted molar refractivity (Wildman–Crippen MR) is 116 cm³/mol. The molecule has 0 radical (unpaired) electrons. The van der Waals surface area contributed by atoms with Crippen LogP contribution < -0.4 is 16.4 Å². The fraction of sp³-hybridized carbons (Fsp3) is 0.227. The first-order valence-electron chi connectivity index (χ1n) is 9.84. The second-order valence-corrected chi connectivity index (χ2v) is 7.36. The SMILES string of the molecule is Cc1ccc(Cn2cnc3c(cnn3CCNC(=O)c3cccn(C)c3=O)c2=O)cc1. The number of rotatable bonds is 6. The molecule has 4 aromatic rings. The topological polar surface area (TPSA) is 104 Å². The number of hydrogen-bond donors (Lipinski definition) is 1. The molecule has 1 aromatic carbocycles. The van der Waals surface area contributed by atoms with Gasteiger partial charge in [0.25, 0.3) is 17.0 Å². The molecule has 1 N–H and O–H groups in total. The van der Waals surface area contributed by atoms with Gasteiger partial charge in [0.1, 0.15) is 17.3 Å². The van der Waals surface area contributed by atoms with Crippen LogP contribution in [0.5, 0.6) is 0 Å². The summed E-state index contributed by atoms with van der Waals surface area (Å²) in [6.45, 7) is 2.99. The van der Waals surface area contributed by atoms with E-state index in [4.69, 9.17) is 0 Å². The van der Waals surface area contributed by atoms with Gasteiger partial charge in [-0.2, -0.15) is 5.10 Å². The molecule has 9 heteroatoms. The molecule has 31 heavy (non-hydrogen) atoms. The Morgan fingerprint density at radius 3 is 2.65 bits per heavy atom. The van der Waals surface area contributed by atoms with Crippen molar-refractivity contribution >= 4 is 16.9 Å². The number of aromatic nitrogens is 5. The van der Waals surface area contributed by atoms with E-state index in [1.54, 1.807) is 28.6 Å². The first-order valence-corrected chi connectivity index (χ1v) is 9.84. The highest BCUT2D eigenvalue weighted by Crippen LogP contribution is 2.08. The molecule has 0 fully saturated rings. The van der Waals surface area contributed by atoms with E-state index in [2.05, 4.69) is 15.4 Å². The van der Waals surface area contributed by atoms with Crippen molar-refractivity contribution in [2.45, 2.75) is 20.0 Å². The minimum atomic E-state index is -0.453. The molecule has 0 aliphatic rings. The summed E-state index contributed by atoms with van der Waals surface area (Å²) in [7, 11) is 1.59. The smallest absolute Gasteiger partial charge is 0.264 e. The van der Waals surface area contributed by atoms with E-state index in [0.717, 1.165) is 11.1 Å². The van der Waals surface area contributed by atoms with Crippen molar-refractivity contribution < 1.29 is 4.79 Å². The highest BCUT2D eigenvalue weighted by molar-refractivity contribution is 5.93.